The lowest BCUT2D eigenvalue weighted by Gasteiger charge is -2.23. The Labute approximate surface area is 87.6 Å². The van der Waals surface area contributed by atoms with E-state index in [1.807, 2.05) is 0 Å². The quantitative estimate of drug-likeness (QED) is 0.488. The molecule has 0 amide bonds. The zero-order valence-electron chi connectivity index (χ0n) is 8.88. The predicted octanol–water partition coefficient (Wildman–Crippen LogP) is 0.690. The minimum Gasteiger partial charge on any atom is -0.481 e. The summed E-state index contributed by atoms with van der Waals surface area (Å²) in [5.41, 5.74) is -0.645. The summed E-state index contributed by atoms with van der Waals surface area (Å²) in [5, 5.41) is 10.8. The molecule has 15 heavy (non-hydrogen) atoms. The Morgan fingerprint density at radius 3 is 2.47 bits per heavy atom. The summed E-state index contributed by atoms with van der Waals surface area (Å²) in [7, 11) is 0. The second-order valence-corrected chi connectivity index (χ2v) is 3.75. The van der Waals surface area contributed by atoms with Crippen molar-refractivity contribution in [1.29, 1.82) is 0 Å². The Bertz CT molecular complexity index is 230. The fourth-order valence-corrected chi connectivity index (χ4v) is 0.774. The fraction of sp³-hybridized carbons (Fsp3) is 0.778. The predicted molar refractivity (Wildman–Crippen MR) is 51.0 cm³/mol. The largest absolute Gasteiger partial charge is 0.481 e. The van der Waals surface area contributed by atoms with Crippen LogP contribution in [0.15, 0.2) is 0 Å². The summed E-state index contributed by atoms with van der Waals surface area (Å²) in [6.07, 6.45) is -0.420. The first kappa shape index (κ1) is 13.8. The summed E-state index contributed by atoms with van der Waals surface area (Å²) in [4.78, 5) is 21.1. The van der Waals surface area contributed by atoms with Crippen molar-refractivity contribution in [2.24, 2.45) is 0 Å². The Morgan fingerprint density at radius 2 is 2.00 bits per heavy atom. The molecule has 0 radical (unpaired) electrons. The molecule has 0 heterocycles. The molecule has 0 rings (SSSR count). The van der Waals surface area contributed by atoms with Crippen molar-refractivity contribution in [1.82, 2.24) is 5.32 Å². The first-order chi connectivity index (χ1) is 6.87. The van der Waals surface area contributed by atoms with E-state index in [1.54, 1.807) is 13.8 Å². The van der Waals surface area contributed by atoms with Gasteiger partial charge in [-0.3, -0.25) is 14.9 Å². The topological polar surface area (TPSA) is 75.6 Å². The van der Waals surface area contributed by atoms with E-state index in [4.69, 9.17) is 9.84 Å². The first-order valence-corrected chi connectivity index (χ1v) is 4.56. The molecule has 5 nitrogen and oxygen atoms in total. The zero-order chi connectivity index (χ0) is 11.9. The third-order valence-corrected chi connectivity index (χ3v) is 1.68. The minimum absolute atomic E-state index is 0.00930. The smallest absolute Gasteiger partial charge is 0.306 e. The van der Waals surface area contributed by atoms with Crippen LogP contribution in [0.25, 0.3) is 0 Å². The van der Waals surface area contributed by atoms with Crippen LogP contribution in [-0.2, 0) is 14.3 Å². The van der Waals surface area contributed by atoms with E-state index in [2.05, 4.69) is 5.32 Å². The molecule has 0 saturated carbocycles. The summed E-state index contributed by atoms with van der Waals surface area (Å²) in [5.74, 6) is -1.64. The number of halogens is 1. The second kappa shape index (κ2) is 6.34. The Balaban J connectivity index is 3.74. The molecular formula is C9H16FNO4. The molecule has 0 aliphatic rings. The van der Waals surface area contributed by atoms with E-state index in [0.717, 1.165) is 0 Å². The van der Waals surface area contributed by atoms with Crippen LogP contribution in [-0.4, -0.2) is 36.0 Å². The number of esters is 1. The lowest BCUT2D eigenvalue weighted by Crippen LogP contribution is -2.43. The Kier molecular flexibility index (Phi) is 5.84. The maximum absolute atomic E-state index is 11.9. The van der Waals surface area contributed by atoms with Crippen LogP contribution in [0.5, 0.6) is 0 Å². The number of rotatable bonds is 7. The van der Waals surface area contributed by atoms with Crippen LogP contribution in [0.1, 0.15) is 26.7 Å². The molecule has 0 aliphatic carbocycles. The summed E-state index contributed by atoms with van der Waals surface area (Å²) < 4.78 is 16.7. The number of hydrogen-bond donors (Lipinski definition) is 2. The van der Waals surface area contributed by atoms with E-state index in [9.17, 15) is 14.0 Å². The van der Waals surface area contributed by atoms with Crippen molar-refractivity contribution < 1.29 is 23.8 Å². The van der Waals surface area contributed by atoms with Crippen molar-refractivity contribution in [2.75, 3.05) is 13.4 Å². The van der Waals surface area contributed by atoms with Gasteiger partial charge in [-0.25, -0.2) is 4.39 Å². The maximum Gasteiger partial charge on any atom is 0.306 e. The van der Waals surface area contributed by atoms with Crippen LogP contribution in [0.4, 0.5) is 4.39 Å². The average Bonchev–Trinajstić information content (AvgIpc) is 2.11. The maximum atomic E-state index is 11.9. The van der Waals surface area contributed by atoms with Gasteiger partial charge in [-0.05, 0) is 13.8 Å². The van der Waals surface area contributed by atoms with Crippen LogP contribution < -0.4 is 5.32 Å². The highest BCUT2D eigenvalue weighted by Crippen LogP contribution is 2.04. The Morgan fingerprint density at radius 1 is 1.40 bits per heavy atom. The van der Waals surface area contributed by atoms with Gasteiger partial charge in [-0.1, -0.05) is 0 Å². The molecule has 0 aromatic rings. The Hall–Kier alpha value is -1.17. The van der Waals surface area contributed by atoms with E-state index in [-0.39, 0.29) is 19.4 Å². The lowest BCUT2D eigenvalue weighted by molar-refractivity contribution is -0.149. The van der Waals surface area contributed by atoms with Crippen LogP contribution in [0.3, 0.4) is 0 Å². The summed E-state index contributed by atoms with van der Waals surface area (Å²) in [6.45, 7) is 2.66. The van der Waals surface area contributed by atoms with E-state index in [1.165, 1.54) is 0 Å². The number of carboxylic acid groups (broad SMARTS) is 1. The van der Waals surface area contributed by atoms with Gasteiger partial charge in [0.05, 0.1) is 12.8 Å². The number of aliphatic carboxylic acids is 1. The number of carboxylic acids is 1. The van der Waals surface area contributed by atoms with E-state index < -0.39 is 24.3 Å². The summed E-state index contributed by atoms with van der Waals surface area (Å²) in [6, 6.07) is 0. The molecule has 2 N–H and O–H groups in total. The van der Waals surface area contributed by atoms with Crippen LogP contribution in [0, 0.1) is 0 Å². The zero-order valence-corrected chi connectivity index (χ0v) is 8.88. The van der Waals surface area contributed by atoms with Gasteiger partial charge in [0, 0.05) is 5.54 Å². The molecule has 88 valence electrons. The van der Waals surface area contributed by atoms with Crippen LogP contribution >= 0.6 is 0 Å². The van der Waals surface area contributed by atoms with Gasteiger partial charge < -0.3 is 9.84 Å². The van der Waals surface area contributed by atoms with Crippen molar-refractivity contribution in [3.05, 3.63) is 0 Å². The molecule has 0 saturated heterocycles. The standard InChI is InChI=1S/C9H16FNO4/c1-9(2,11-6-10)5-15-8(14)4-3-7(12)13/h11H,3-6H2,1-2H3,(H,12,13). The molecular weight excluding hydrogens is 205 g/mol. The van der Waals surface area contributed by atoms with Crippen molar-refractivity contribution in [3.63, 3.8) is 0 Å². The third kappa shape index (κ3) is 7.87. The van der Waals surface area contributed by atoms with Crippen molar-refractivity contribution in [2.45, 2.75) is 32.2 Å². The molecule has 0 fully saturated rings. The molecule has 0 aromatic heterocycles. The fourth-order valence-electron chi connectivity index (χ4n) is 0.774. The SMILES string of the molecule is CC(C)(COC(=O)CCC(=O)O)NCF. The van der Waals surface area contributed by atoms with Crippen LogP contribution in [0.2, 0.25) is 0 Å². The van der Waals surface area contributed by atoms with Gasteiger partial charge in [-0.2, -0.15) is 0 Å². The molecule has 6 heteroatoms. The highest BCUT2D eigenvalue weighted by Gasteiger charge is 2.19. The number of ether oxygens (including phenoxy) is 1. The van der Waals surface area contributed by atoms with Gasteiger partial charge in [0.25, 0.3) is 0 Å². The van der Waals surface area contributed by atoms with Crippen molar-refractivity contribution in [3.8, 4) is 0 Å². The number of hydrogen-bond acceptors (Lipinski definition) is 4. The number of alkyl halides is 1. The molecule has 0 spiro atoms. The molecule has 0 aliphatic heterocycles. The van der Waals surface area contributed by atoms with Crippen molar-refractivity contribution >= 4 is 11.9 Å². The molecule has 0 unspecified atom stereocenters. The summed E-state index contributed by atoms with van der Waals surface area (Å²) >= 11 is 0. The van der Waals surface area contributed by atoms with Gasteiger partial charge in [0.15, 0.2) is 0 Å². The van der Waals surface area contributed by atoms with Gasteiger partial charge in [-0.15, -0.1) is 0 Å². The van der Waals surface area contributed by atoms with Gasteiger partial charge in [0.1, 0.15) is 13.4 Å². The highest BCUT2D eigenvalue weighted by molar-refractivity contribution is 5.76. The normalized spacial score (nSPS) is 11.1. The highest BCUT2D eigenvalue weighted by atomic mass is 19.1. The molecule has 0 atom stereocenters. The van der Waals surface area contributed by atoms with E-state index >= 15 is 0 Å². The lowest BCUT2D eigenvalue weighted by atomic mass is 10.1. The number of carbonyl (C=O) groups excluding carboxylic acids is 1. The number of carbonyl (C=O) groups is 2. The monoisotopic (exact) mass is 221 g/mol. The number of nitrogens with one attached hydrogen (secondary N) is 1. The molecule has 0 bridgehead atoms. The van der Waals surface area contributed by atoms with Gasteiger partial charge in [0.2, 0.25) is 0 Å². The average molecular weight is 221 g/mol. The first-order valence-electron chi connectivity index (χ1n) is 4.56. The third-order valence-electron chi connectivity index (χ3n) is 1.68. The minimum atomic E-state index is -1.05. The molecule has 0 aromatic carbocycles. The second-order valence-electron chi connectivity index (χ2n) is 3.75. The van der Waals surface area contributed by atoms with E-state index in [0.29, 0.717) is 0 Å². The van der Waals surface area contributed by atoms with Gasteiger partial charge >= 0.3 is 11.9 Å².